The molecule has 0 saturated carbocycles. The minimum atomic E-state index is 0.705. The maximum Gasteiger partial charge on any atom is 0.180 e. The van der Waals surface area contributed by atoms with Crippen molar-refractivity contribution in [1.29, 1.82) is 0 Å². The molecule has 0 spiro atoms. The number of pyridine rings is 1. The zero-order valence-corrected chi connectivity index (χ0v) is 11.2. The lowest BCUT2D eigenvalue weighted by Crippen LogP contribution is -2.33. The molecular formula is C14H19N5. The third-order valence-corrected chi connectivity index (χ3v) is 3.74. The SMILES string of the molecule is CN1CCC(CNc2ccc3nccnc3n2)CC1. The number of likely N-dealkylation sites (tertiary alicyclic amines) is 1. The summed E-state index contributed by atoms with van der Waals surface area (Å²) in [6, 6.07) is 3.94. The lowest BCUT2D eigenvalue weighted by molar-refractivity contribution is 0.226. The number of aromatic nitrogens is 3. The third kappa shape index (κ3) is 2.98. The molecule has 0 atom stereocenters. The van der Waals surface area contributed by atoms with Gasteiger partial charge >= 0.3 is 0 Å². The van der Waals surface area contributed by atoms with Gasteiger partial charge in [-0.2, -0.15) is 0 Å². The molecule has 1 saturated heterocycles. The second-order valence-electron chi connectivity index (χ2n) is 5.22. The molecule has 100 valence electrons. The van der Waals surface area contributed by atoms with Gasteiger partial charge in [0, 0.05) is 18.9 Å². The van der Waals surface area contributed by atoms with Crippen molar-refractivity contribution in [3.05, 3.63) is 24.5 Å². The smallest absolute Gasteiger partial charge is 0.180 e. The molecule has 0 aliphatic carbocycles. The highest BCUT2D eigenvalue weighted by Gasteiger charge is 2.16. The molecule has 2 aromatic rings. The maximum absolute atomic E-state index is 4.48. The molecule has 3 rings (SSSR count). The Hall–Kier alpha value is -1.75. The molecule has 5 heteroatoms. The van der Waals surface area contributed by atoms with Crippen LogP contribution in [0.15, 0.2) is 24.5 Å². The van der Waals surface area contributed by atoms with Crippen LogP contribution >= 0.6 is 0 Å². The van der Waals surface area contributed by atoms with Crippen LogP contribution in [0.25, 0.3) is 11.2 Å². The van der Waals surface area contributed by atoms with E-state index in [1.165, 1.54) is 25.9 Å². The van der Waals surface area contributed by atoms with Crippen molar-refractivity contribution in [3.8, 4) is 0 Å². The first-order chi connectivity index (χ1) is 9.31. The van der Waals surface area contributed by atoms with Crippen LogP contribution in [0.4, 0.5) is 5.82 Å². The Labute approximate surface area is 113 Å². The van der Waals surface area contributed by atoms with Gasteiger partial charge in [-0.1, -0.05) is 0 Å². The summed E-state index contributed by atoms with van der Waals surface area (Å²) in [7, 11) is 2.19. The summed E-state index contributed by atoms with van der Waals surface area (Å²) in [6.45, 7) is 3.39. The number of piperidine rings is 1. The molecule has 0 unspecified atom stereocenters. The summed E-state index contributed by atoms with van der Waals surface area (Å²) in [4.78, 5) is 15.3. The number of rotatable bonds is 3. The number of nitrogens with one attached hydrogen (secondary N) is 1. The highest BCUT2D eigenvalue weighted by atomic mass is 15.1. The first-order valence-corrected chi connectivity index (χ1v) is 6.81. The van der Waals surface area contributed by atoms with E-state index < -0.39 is 0 Å². The number of anilines is 1. The molecule has 3 heterocycles. The van der Waals surface area contributed by atoms with Crippen LogP contribution in [0.1, 0.15) is 12.8 Å². The van der Waals surface area contributed by atoms with E-state index in [0.29, 0.717) is 5.65 Å². The van der Waals surface area contributed by atoms with Crippen LogP contribution in [0.3, 0.4) is 0 Å². The zero-order chi connectivity index (χ0) is 13.1. The fourth-order valence-electron chi connectivity index (χ4n) is 2.47. The maximum atomic E-state index is 4.48. The Kier molecular flexibility index (Phi) is 3.55. The average molecular weight is 257 g/mol. The van der Waals surface area contributed by atoms with Gasteiger partial charge in [-0.3, -0.25) is 4.98 Å². The van der Waals surface area contributed by atoms with E-state index in [1.807, 2.05) is 12.1 Å². The van der Waals surface area contributed by atoms with Gasteiger partial charge < -0.3 is 10.2 Å². The van der Waals surface area contributed by atoms with Crippen molar-refractivity contribution >= 4 is 17.0 Å². The van der Waals surface area contributed by atoms with Crippen LogP contribution in [0.5, 0.6) is 0 Å². The molecule has 1 fully saturated rings. The lowest BCUT2D eigenvalue weighted by atomic mass is 9.97. The van der Waals surface area contributed by atoms with Gasteiger partial charge in [0.2, 0.25) is 0 Å². The average Bonchev–Trinajstić information content (AvgIpc) is 2.46. The van der Waals surface area contributed by atoms with Gasteiger partial charge in [0.25, 0.3) is 0 Å². The number of hydrogen-bond acceptors (Lipinski definition) is 5. The van der Waals surface area contributed by atoms with Crippen LogP contribution in [0, 0.1) is 5.92 Å². The fraction of sp³-hybridized carbons (Fsp3) is 0.500. The summed E-state index contributed by atoms with van der Waals surface area (Å²) in [5, 5.41) is 3.42. The van der Waals surface area contributed by atoms with Crippen LogP contribution in [-0.4, -0.2) is 46.5 Å². The minimum absolute atomic E-state index is 0.705. The second kappa shape index (κ2) is 5.48. The summed E-state index contributed by atoms with van der Waals surface area (Å²) in [5.41, 5.74) is 1.54. The Morgan fingerprint density at radius 3 is 2.84 bits per heavy atom. The van der Waals surface area contributed by atoms with E-state index in [-0.39, 0.29) is 0 Å². The number of hydrogen-bond donors (Lipinski definition) is 1. The van der Waals surface area contributed by atoms with Crippen molar-refractivity contribution in [3.63, 3.8) is 0 Å². The first kappa shape index (κ1) is 12.3. The standard InChI is InChI=1S/C14H19N5/c1-19-8-4-11(5-9-19)10-17-13-3-2-12-14(18-13)16-7-6-15-12/h2-3,6-7,11H,4-5,8-10H2,1H3,(H,16,17,18). The van der Waals surface area contributed by atoms with Gasteiger partial charge in [-0.25, -0.2) is 9.97 Å². The van der Waals surface area contributed by atoms with Crippen molar-refractivity contribution < 1.29 is 0 Å². The molecule has 0 aromatic carbocycles. The molecule has 19 heavy (non-hydrogen) atoms. The molecule has 0 radical (unpaired) electrons. The predicted octanol–water partition coefficient (Wildman–Crippen LogP) is 1.78. The molecule has 2 aromatic heterocycles. The summed E-state index contributed by atoms with van der Waals surface area (Å²) >= 11 is 0. The number of nitrogens with zero attached hydrogens (tertiary/aromatic N) is 4. The van der Waals surface area contributed by atoms with Crippen molar-refractivity contribution in [1.82, 2.24) is 19.9 Å². The topological polar surface area (TPSA) is 53.9 Å². The van der Waals surface area contributed by atoms with E-state index in [9.17, 15) is 0 Å². The Balaban J connectivity index is 1.62. The van der Waals surface area contributed by atoms with Crippen molar-refractivity contribution in [2.45, 2.75) is 12.8 Å². The Morgan fingerprint density at radius 2 is 2.00 bits per heavy atom. The molecule has 1 N–H and O–H groups in total. The summed E-state index contributed by atoms with van der Waals surface area (Å²) < 4.78 is 0. The highest BCUT2D eigenvalue weighted by Crippen LogP contribution is 2.17. The van der Waals surface area contributed by atoms with Gasteiger partial charge in [-0.05, 0) is 51.0 Å². The molecular weight excluding hydrogens is 238 g/mol. The summed E-state index contributed by atoms with van der Waals surface area (Å²) in [6.07, 6.45) is 5.89. The van der Waals surface area contributed by atoms with E-state index >= 15 is 0 Å². The second-order valence-corrected chi connectivity index (χ2v) is 5.22. The largest absolute Gasteiger partial charge is 0.370 e. The Morgan fingerprint density at radius 1 is 1.21 bits per heavy atom. The van der Waals surface area contributed by atoms with Gasteiger partial charge in [0.15, 0.2) is 5.65 Å². The van der Waals surface area contributed by atoms with Crippen LogP contribution in [-0.2, 0) is 0 Å². The van der Waals surface area contributed by atoms with Gasteiger partial charge in [-0.15, -0.1) is 0 Å². The minimum Gasteiger partial charge on any atom is -0.370 e. The third-order valence-electron chi connectivity index (χ3n) is 3.74. The van der Waals surface area contributed by atoms with Crippen molar-refractivity contribution in [2.24, 2.45) is 5.92 Å². The fourth-order valence-corrected chi connectivity index (χ4v) is 2.47. The summed E-state index contributed by atoms with van der Waals surface area (Å²) in [5.74, 6) is 1.64. The van der Waals surface area contributed by atoms with E-state index in [2.05, 4.69) is 32.2 Å². The molecule has 5 nitrogen and oxygen atoms in total. The Bertz CT molecular complexity index is 548. The predicted molar refractivity (Wildman–Crippen MR) is 76.0 cm³/mol. The van der Waals surface area contributed by atoms with E-state index in [1.54, 1.807) is 12.4 Å². The molecule has 0 bridgehead atoms. The normalized spacial score (nSPS) is 17.7. The quantitative estimate of drug-likeness (QED) is 0.908. The molecule has 0 amide bonds. The zero-order valence-electron chi connectivity index (χ0n) is 11.2. The van der Waals surface area contributed by atoms with Crippen LogP contribution < -0.4 is 5.32 Å². The van der Waals surface area contributed by atoms with Crippen molar-refractivity contribution in [2.75, 3.05) is 32.0 Å². The van der Waals surface area contributed by atoms with E-state index in [4.69, 9.17) is 0 Å². The van der Waals surface area contributed by atoms with Gasteiger partial charge in [0.1, 0.15) is 11.3 Å². The van der Waals surface area contributed by atoms with Crippen LogP contribution in [0.2, 0.25) is 0 Å². The molecule has 1 aliphatic heterocycles. The lowest BCUT2D eigenvalue weighted by Gasteiger charge is -2.29. The highest BCUT2D eigenvalue weighted by molar-refractivity contribution is 5.71. The molecule has 1 aliphatic rings. The number of fused-ring (bicyclic) bond motifs is 1. The van der Waals surface area contributed by atoms with E-state index in [0.717, 1.165) is 23.8 Å². The monoisotopic (exact) mass is 257 g/mol. The first-order valence-electron chi connectivity index (χ1n) is 6.81. The van der Waals surface area contributed by atoms with Gasteiger partial charge in [0.05, 0.1) is 0 Å².